The summed E-state index contributed by atoms with van der Waals surface area (Å²) in [6.45, 7) is 3.31. The van der Waals surface area contributed by atoms with Crippen LogP contribution in [0, 0.1) is 18.3 Å². The maximum atomic E-state index is 13.1. The van der Waals surface area contributed by atoms with Gasteiger partial charge < -0.3 is 9.47 Å². The fraction of sp³-hybridized carbons (Fsp3) is 0.286. The molecule has 1 aliphatic rings. The Bertz CT molecular complexity index is 1150. The molecule has 31 heavy (non-hydrogen) atoms. The molecule has 0 aliphatic carbocycles. The molecule has 1 fully saturated rings. The quantitative estimate of drug-likeness (QED) is 0.559. The number of carbonyl (C=O) groups is 1. The van der Waals surface area contributed by atoms with Crippen LogP contribution in [0.15, 0.2) is 34.8 Å². The molecule has 1 aliphatic heterocycles. The van der Waals surface area contributed by atoms with E-state index in [1.165, 1.54) is 17.5 Å². The minimum atomic E-state index is -0.358. The van der Waals surface area contributed by atoms with E-state index < -0.39 is 0 Å². The number of aromatic nitrogens is 3. The number of thioether (sulfide) groups is 1. The molecular weight excluding hydrogens is 434 g/mol. The third-order valence-corrected chi connectivity index (χ3v) is 6.85. The molecule has 1 atom stereocenters. The Kier molecular flexibility index (Phi) is 6.46. The van der Waals surface area contributed by atoms with E-state index in [1.807, 2.05) is 6.92 Å². The van der Waals surface area contributed by atoms with Crippen molar-refractivity contribution in [3.8, 4) is 22.9 Å². The lowest BCUT2D eigenvalue weighted by molar-refractivity contribution is 0.102. The van der Waals surface area contributed by atoms with Gasteiger partial charge in [0.15, 0.2) is 4.34 Å². The summed E-state index contributed by atoms with van der Waals surface area (Å²) < 4.78 is 11.6. The highest BCUT2D eigenvalue weighted by Crippen LogP contribution is 2.35. The lowest BCUT2D eigenvalue weighted by Gasteiger charge is -2.13. The van der Waals surface area contributed by atoms with Gasteiger partial charge >= 0.3 is 0 Å². The second-order valence-corrected chi connectivity index (χ2v) is 9.35. The molecule has 1 aromatic carbocycles. The summed E-state index contributed by atoms with van der Waals surface area (Å²) >= 11 is 2.94. The number of pyridine rings is 1. The van der Waals surface area contributed by atoms with Crippen LogP contribution in [0.25, 0.3) is 11.1 Å². The third kappa shape index (κ3) is 4.85. The monoisotopic (exact) mass is 453 g/mol. The van der Waals surface area contributed by atoms with E-state index in [2.05, 4.69) is 26.6 Å². The molecule has 4 rings (SSSR count). The average molecular weight is 454 g/mol. The number of aryl methyl sites for hydroxylation is 1. The van der Waals surface area contributed by atoms with Crippen molar-refractivity contribution in [2.75, 3.05) is 25.6 Å². The normalized spacial score (nSPS) is 15.5. The van der Waals surface area contributed by atoms with Gasteiger partial charge in [0.2, 0.25) is 5.13 Å². The molecule has 0 saturated carbocycles. The fourth-order valence-electron chi connectivity index (χ4n) is 3.17. The number of nitrogens with zero attached hydrogens (tertiary/aromatic N) is 4. The topological polar surface area (TPSA) is 110 Å². The minimum Gasteiger partial charge on any atom is -0.496 e. The lowest BCUT2D eigenvalue weighted by Crippen LogP contribution is -2.14. The van der Waals surface area contributed by atoms with E-state index in [4.69, 9.17) is 9.47 Å². The molecule has 3 heterocycles. The Morgan fingerprint density at radius 3 is 2.97 bits per heavy atom. The summed E-state index contributed by atoms with van der Waals surface area (Å²) in [5, 5.41) is 21.1. The second-order valence-electron chi connectivity index (χ2n) is 6.83. The number of amides is 1. The Balaban J connectivity index is 1.61. The van der Waals surface area contributed by atoms with Crippen LogP contribution in [0.4, 0.5) is 5.13 Å². The van der Waals surface area contributed by atoms with Crippen LogP contribution < -0.4 is 10.1 Å². The lowest BCUT2D eigenvalue weighted by atomic mass is 9.97. The molecule has 0 spiro atoms. The first-order valence-corrected chi connectivity index (χ1v) is 11.2. The number of anilines is 1. The van der Waals surface area contributed by atoms with Crippen molar-refractivity contribution in [3.63, 3.8) is 0 Å². The summed E-state index contributed by atoms with van der Waals surface area (Å²) in [7, 11) is 1.55. The van der Waals surface area contributed by atoms with Crippen LogP contribution in [0.3, 0.4) is 0 Å². The molecule has 0 radical (unpaired) electrons. The first-order valence-electron chi connectivity index (χ1n) is 9.52. The summed E-state index contributed by atoms with van der Waals surface area (Å²) in [6.07, 6.45) is 2.50. The highest BCUT2D eigenvalue weighted by atomic mass is 32.2. The van der Waals surface area contributed by atoms with Crippen molar-refractivity contribution < 1.29 is 14.3 Å². The Hall–Kier alpha value is -3.00. The van der Waals surface area contributed by atoms with E-state index >= 15 is 0 Å². The van der Waals surface area contributed by atoms with Gasteiger partial charge in [-0.2, -0.15) is 5.26 Å². The fourth-order valence-corrected chi connectivity index (χ4v) is 5.23. The standard InChI is InChI=1S/C21H19N5O3S2/c1-12-7-15(16-8-13(9-22)3-4-18(16)28-2)17(10-23-12)19(27)24-20-25-26-21(31-20)30-14-5-6-29-11-14/h3-4,7-8,10,14H,5-6,11H2,1-2H3,(H,24,25,27). The van der Waals surface area contributed by atoms with Gasteiger partial charge in [-0.05, 0) is 37.6 Å². The SMILES string of the molecule is COc1ccc(C#N)cc1-c1cc(C)ncc1C(=O)Nc1nnc(SC2CCOC2)s1. The summed E-state index contributed by atoms with van der Waals surface area (Å²) in [5.41, 5.74) is 2.84. The highest BCUT2D eigenvalue weighted by molar-refractivity contribution is 8.01. The number of methoxy groups -OCH3 is 1. The summed E-state index contributed by atoms with van der Waals surface area (Å²) in [5.74, 6) is 0.204. The van der Waals surface area contributed by atoms with Crippen molar-refractivity contribution in [1.82, 2.24) is 15.2 Å². The van der Waals surface area contributed by atoms with Crippen LogP contribution in [-0.4, -0.2) is 46.7 Å². The van der Waals surface area contributed by atoms with Crippen molar-refractivity contribution in [1.29, 1.82) is 5.26 Å². The first-order chi connectivity index (χ1) is 15.1. The van der Waals surface area contributed by atoms with Gasteiger partial charge in [-0.3, -0.25) is 15.1 Å². The predicted molar refractivity (Wildman–Crippen MR) is 119 cm³/mol. The average Bonchev–Trinajstić information content (AvgIpc) is 3.45. The van der Waals surface area contributed by atoms with Gasteiger partial charge in [-0.1, -0.05) is 23.1 Å². The number of nitriles is 1. The molecule has 8 nitrogen and oxygen atoms in total. The van der Waals surface area contributed by atoms with Gasteiger partial charge in [-0.25, -0.2) is 0 Å². The van der Waals surface area contributed by atoms with Crippen LogP contribution in [0.5, 0.6) is 5.75 Å². The predicted octanol–water partition coefficient (Wildman–Crippen LogP) is 3.92. The number of nitrogens with one attached hydrogen (secondary N) is 1. The molecule has 0 bridgehead atoms. The number of benzene rings is 1. The van der Waals surface area contributed by atoms with Crippen molar-refractivity contribution >= 4 is 34.1 Å². The van der Waals surface area contributed by atoms with Crippen LogP contribution in [-0.2, 0) is 4.74 Å². The molecule has 1 N–H and O–H groups in total. The van der Waals surface area contributed by atoms with E-state index in [-0.39, 0.29) is 5.91 Å². The maximum absolute atomic E-state index is 13.1. The molecule has 158 valence electrons. The van der Waals surface area contributed by atoms with Gasteiger partial charge in [0.05, 0.1) is 30.9 Å². The third-order valence-electron chi connectivity index (χ3n) is 4.69. The summed E-state index contributed by atoms with van der Waals surface area (Å²) in [6, 6.07) is 9.01. The number of hydrogen-bond donors (Lipinski definition) is 1. The number of rotatable bonds is 6. The molecule has 1 amide bonds. The second kappa shape index (κ2) is 9.43. The van der Waals surface area contributed by atoms with E-state index in [9.17, 15) is 10.1 Å². The van der Waals surface area contributed by atoms with Crippen molar-refractivity contribution in [3.05, 3.63) is 47.3 Å². The van der Waals surface area contributed by atoms with Crippen LogP contribution in [0.2, 0.25) is 0 Å². The Labute approximate surface area is 187 Å². The number of ether oxygens (including phenoxy) is 2. The smallest absolute Gasteiger partial charge is 0.259 e. The van der Waals surface area contributed by atoms with Crippen LogP contribution in [0.1, 0.15) is 28.0 Å². The molecule has 3 aromatic rings. The molecule has 10 heteroatoms. The van der Waals surface area contributed by atoms with Crippen LogP contribution >= 0.6 is 23.1 Å². The molecule has 1 saturated heterocycles. The Morgan fingerprint density at radius 1 is 1.35 bits per heavy atom. The summed E-state index contributed by atoms with van der Waals surface area (Å²) in [4.78, 5) is 17.4. The van der Waals surface area contributed by atoms with Crippen molar-refractivity contribution in [2.24, 2.45) is 0 Å². The van der Waals surface area contributed by atoms with Gasteiger partial charge in [0, 0.05) is 34.9 Å². The number of hydrogen-bond acceptors (Lipinski definition) is 9. The number of carbonyl (C=O) groups excluding carboxylic acids is 1. The molecule has 2 aromatic heterocycles. The largest absolute Gasteiger partial charge is 0.496 e. The van der Waals surface area contributed by atoms with Gasteiger partial charge in [-0.15, -0.1) is 10.2 Å². The van der Waals surface area contributed by atoms with E-state index in [1.54, 1.807) is 43.1 Å². The molecular formula is C21H19N5O3S2. The minimum absolute atomic E-state index is 0.354. The highest BCUT2D eigenvalue weighted by Gasteiger charge is 2.21. The van der Waals surface area contributed by atoms with Gasteiger partial charge in [0.1, 0.15) is 5.75 Å². The maximum Gasteiger partial charge on any atom is 0.259 e. The Morgan fingerprint density at radius 2 is 2.23 bits per heavy atom. The van der Waals surface area contributed by atoms with E-state index in [0.717, 1.165) is 23.1 Å². The zero-order valence-corrected chi connectivity index (χ0v) is 18.5. The van der Waals surface area contributed by atoms with Crippen molar-refractivity contribution in [2.45, 2.75) is 22.9 Å². The van der Waals surface area contributed by atoms with E-state index in [0.29, 0.717) is 45.0 Å². The first kappa shape index (κ1) is 21.2. The zero-order chi connectivity index (χ0) is 21.8. The zero-order valence-electron chi connectivity index (χ0n) is 16.9. The molecule has 1 unspecified atom stereocenters. The van der Waals surface area contributed by atoms with Gasteiger partial charge in [0.25, 0.3) is 5.91 Å².